The molecule has 0 saturated carbocycles. The summed E-state index contributed by atoms with van der Waals surface area (Å²) in [7, 11) is 0. The van der Waals surface area contributed by atoms with E-state index in [4.69, 9.17) is 0 Å². The van der Waals surface area contributed by atoms with E-state index in [1.807, 2.05) is 11.8 Å². The van der Waals surface area contributed by atoms with Crippen LogP contribution in [0.15, 0.2) is 63.9 Å². The number of aryl methyl sites for hydroxylation is 1. The SMILES string of the molecule is IC1CCc2ccccc2SC2=C/CC\C=C/C=C\21. The van der Waals surface area contributed by atoms with Gasteiger partial charge < -0.3 is 0 Å². The Kier molecular flexibility index (Phi) is 4.49. The third kappa shape index (κ3) is 3.16. The van der Waals surface area contributed by atoms with Gasteiger partial charge in [0.1, 0.15) is 0 Å². The molecule has 0 radical (unpaired) electrons. The van der Waals surface area contributed by atoms with Crippen molar-refractivity contribution >= 4 is 34.4 Å². The van der Waals surface area contributed by atoms with Crippen molar-refractivity contribution in [1.29, 1.82) is 0 Å². The van der Waals surface area contributed by atoms with Crippen molar-refractivity contribution in [2.45, 2.75) is 34.5 Å². The summed E-state index contributed by atoms with van der Waals surface area (Å²) in [6.45, 7) is 0. The number of benzene rings is 1. The fraction of sp³-hybridized carbons (Fsp3) is 0.294. The van der Waals surface area contributed by atoms with Gasteiger partial charge in [-0.25, -0.2) is 0 Å². The average molecular weight is 380 g/mol. The molecule has 0 saturated heterocycles. The number of thioether (sulfide) groups is 1. The molecule has 0 N–H and O–H groups in total. The summed E-state index contributed by atoms with van der Waals surface area (Å²) in [4.78, 5) is 2.91. The standard InChI is InChI=1S/C17H17IS/c18-15-12-11-13-7-5-6-9-16(13)19-17-10-4-2-1-3-8-14(15)17/h1,3,5-10,15H,2,4,11-12H2/b3-1-,14-8-,17-10+. The van der Waals surface area contributed by atoms with Gasteiger partial charge in [0.2, 0.25) is 0 Å². The van der Waals surface area contributed by atoms with Gasteiger partial charge in [-0.05, 0) is 42.9 Å². The van der Waals surface area contributed by atoms with Crippen LogP contribution in [0.5, 0.6) is 0 Å². The zero-order valence-corrected chi connectivity index (χ0v) is 13.8. The van der Waals surface area contributed by atoms with Gasteiger partial charge in [0.15, 0.2) is 0 Å². The first-order valence-electron chi connectivity index (χ1n) is 6.81. The molecular weight excluding hydrogens is 363 g/mol. The second kappa shape index (κ2) is 6.31. The predicted octanol–water partition coefficient (Wildman–Crippen LogP) is 5.69. The number of rotatable bonds is 0. The first-order chi connectivity index (χ1) is 9.34. The van der Waals surface area contributed by atoms with E-state index in [0.717, 1.165) is 12.8 Å². The Hall–Kier alpha value is -0.480. The van der Waals surface area contributed by atoms with Crippen molar-refractivity contribution in [2.24, 2.45) is 0 Å². The topological polar surface area (TPSA) is 0 Å². The zero-order valence-electron chi connectivity index (χ0n) is 10.8. The number of fused-ring (bicyclic) bond motifs is 2. The number of hydrogen-bond donors (Lipinski definition) is 0. The van der Waals surface area contributed by atoms with Crippen molar-refractivity contribution in [3.63, 3.8) is 0 Å². The molecule has 0 amide bonds. The van der Waals surface area contributed by atoms with Gasteiger partial charge in [-0.3, -0.25) is 0 Å². The molecular formula is C17H17IS. The number of alkyl halides is 1. The lowest BCUT2D eigenvalue weighted by Crippen LogP contribution is -2.09. The van der Waals surface area contributed by atoms with Crippen LogP contribution in [0.1, 0.15) is 24.8 Å². The van der Waals surface area contributed by atoms with Crippen LogP contribution in [0.25, 0.3) is 0 Å². The number of halogens is 1. The van der Waals surface area contributed by atoms with Crippen LogP contribution in [0.3, 0.4) is 0 Å². The van der Waals surface area contributed by atoms with Crippen LogP contribution < -0.4 is 0 Å². The molecule has 3 rings (SSSR count). The monoisotopic (exact) mass is 380 g/mol. The molecule has 1 atom stereocenters. The second-order valence-corrected chi connectivity index (χ2v) is 7.50. The molecule has 0 fully saturated rings. The van der Waals surface area contributed by atoms with Gasteiger partial charge in [-0.1, -0.05) is 76.9 Å². The Labute approximate surface area is 133 Å². The maximum atomic E-state index is 2.61. The summed E-state index contributed by atoms with van der Waals surface area (Å²) in [5, 5.41) is 0. The number of allylic oxidation sites excluding steroid dienone is 5. The molecule has 1 aromatic carbocycles. The van der Waals surface area contributed by atoms with Gasteiger partial charge in [0, 0.05) is 13.7 Å². The second-order valence-electron chi connectivity index (χ2n) is 4.91. The molecule has 0 nitrogen and oxygen atoms in total. The molecule has 1 heterocycles. The van der Waals surface area contributed by atoms with Crippen LogP contribution in [-0.4, -0.2) is 3.92 Å². The minimum atomic E-state index is 0.618. The van der Waals surface area contributed by atoms with Crippen molar-refractivity contribution in [3.8, 4) is 0 Å². The van der Waals surface area contributed by atoms with Crippen molar-refractivity contribution < 1.29 is 0 Å². The first-order valence-corrected chi connectivity index (χ1v) is 8.88. The minimum Gasteiger partial charge on any atom is -0.0898 e. The Morgan fingerprint density at radius 2 is 2.05 bits per heavy atom. The zero-order chi connectivity index (χ0) is 13.1. The fourth-order valence-electron chi connectivity index (χ4n) is 2.50. The van der Waals surface area contributed by atoms with Gasteiger partial charge >= 0.3 is 0 Å². The highest BCUT2D eigenvalue weighted by Crippen LogP contribution is 2.41. The molecule has 0 aromatic heterocycles. The van der Waals surface area contributed by atoms with Crippen LogP contribution in [-0.2, 0) is 6.42 Å². The Balaban J connectivity index is 2.03. The summed E-state index contributed by atoms with van der Waals surface area (Å²) in [5.41, 5.74) is 3.02. The molecule has 1 aliphatic carbocycles. The summed E-state index contributed by atoms with van der Waals surface area (Å²) >= 11 is 4.56. The normalized spacial score (nSPS) is 30.1. The molecule has 0 bridgehead atoms. The van der Waals surface area contributed by atoms with E-state index < -0.39 is 0 Å². The van der Waals surface area contributed by atoms with E-state index in [-0.39, 0.29) is 0 Å². The summed E-state index contributed by atoms with van der Waals surface area (Å²) in [6.07, 6.45) is 14.0. The average Bonchev–Trinajstić information content (AvgIpc) is 2.39. The lowest BCUT2D eigenvalue weighted by Gasteiger charge is -2.23. The van der Waals surface area contributed by atoms with Crippen LogP contribution in [0.4, 0.5) is 0 Å². The highest BCUT2D eigenvalue weighted by Gasteiger charge is 2.20. The Bertz CT molecular complexity index is 554. The smallest absolute Gasteiger partial charge is 0.0373 e. The van der Waals surface area contributed by atoms with E-state index in [1.165, 1.54) is 33.8 Å². The van der Waals surface area contributed by atoms with Crippen LogP contribution in [0.2, 0.25) is 0 Å². The van der Waals surface area contributed by atoms with Gasteiger partial charge in [0.25, 0.3) is 0 Å². The van der Waals surface area contributed by atoms with Crippen LogP contribution in [0, 0.1) is 0 Å². The van der Waals surface area contributed by atoms with E-state index in [9.17, 15) is 0 Å². The maximum Gasteiger partial charge on any atom is 0.0373 e. The molecule has 2 heteroatoms. The highest BCUT2D eigenvalue weighted by molar-refractivity contribution is 14.1. The van der Waals surface area contributed by atoms with Gasteiger partial charge in [-0.15, -0.1) is 0 Å². The molecule has 98 valence electrons. The van der Waals surface area contributed by atoms with E-state index in [0.29, 0.717) is 3.92 Å². The molecule has 1 aliphatic heterocycles. The third-order valence-corrected chi connectivity index (χ3v) is 6.09. The third-order valence-electron chi connectivity index (χ3n) is 3.56. The lowest BCUT2D eigenvalue weighted by atomic mass is 10.0. The Morgan fingerprint density at radius 3 is 3.00 bits per heavy atom. The van der Waals surface area contributed by atoms with E-state index >= 15 is 0 Å². The summed E-state index contributed by atoms with van der Waals surface area (Å²) < 4.78 is 0.618. The largest absolute Gasteiger partial charge is 0.0898 e. The lowest BCUT2D eigenvalue weighted by molar-refractivity contribution is 0.836. The molecule has 1 aromatic rings. The first kappa shape index (κ1) is 13.5. The van der Waals surface area contributed by atoms with Gasteiger partial charge in [0.05, 0.1) is 0 Å². The van der Waals surface area contributed by atoms with Crippen molar-refractivity contribution in [2.75, 3.05) is 0 Å². The summed E-state index contributed by atoms with van der Waals surface area (Å²) in [6, 6.07) is 8.86. The fourth-order valence-corrected chi connectivity index (χ4v) is 4.78. The Morgan fingerprint density at radius 1 is 1.16 bits per heavy atom. The minimum absolute atomic E-state index is 0.618. The maximum absolute atomic E-state index is 2.61. The predicted molar refractivity (Wildman–Crippen MR) is 93.0 cm³/mol. The van der Waals surface area contributed by atoms with Crippen molar-refractivity contribution in [3.05, 3.63) is 64.6 Å². The molecule has 0 spiro atoms. The molecule has 1 unspecified atom stereocenters. The van der Waals surface area contributed by atoms with E-state index in [1.54, 1.807) is 0 Å². The van der Waals surface area contributed by atoms with Crippen LogP contribution >= 0.6 is 34.4 Å². The summed E-state index contributed by atoms with van der Waals surface area (Å²) in [5.74, 6) is 0. The highest BCUT2D eigenvalue weighted by atomic mass is 127. The molecule has 2 aliphatic rings. The van der Waals surface area contributed by atoms with Gasteiger partial charge in [-0.2, -0.15) is 0 Å². The quantitative estimate of drug-likeness (QED) is 0.412. The molecule has 19 heavy (non-hydrogen) atoms. The number of hydrogen-bond acceptors (Lipinski definition) is 1. The van der Waals surface area contributed by atoms with E-state index in [2.05, 4.69) is 71.2 Å². The van der Waals surface area contributed by atoms with Crippen molar-refractivity contribution in [1.82, 2.24) is 0 Å².